The van der Waals surface area contributed by atoms with E-state index in [1.807, 2.05) is 33.8 Å². The van der Waals surface area contributed by atoms with Crippen molar-refractivity contribution in [2.45, 2.75) is 133 Å². The van der Waals surface area contributed by atoms with Crippen molar-refractivity contribution in [2.24, 2.45) is 5.92 Å². The molecule has 0 spiro atoms. The zero-order valence-electron chi connectivity index (χ0n) is 29.7. The van der Waals surface area contributed by atoms with E-state index < -0.39 is 11.0 Å². The van der Waals surface area contributed by atoms with Gasteiger partial charge in [-0.15, -0.1) is 0 Å². The fourth-order valence-corrected chi connectivity index (χ4v) is 4.84. The van der Waals surface area contributed by atoms with Gasteiger partial charge >= 0.3 is 6.09 Å². The number of rotatable bonds is 19. The molecule has 8 nitrogen and oxygen atoms in total. The third-order valence-corrected chi connectivity index (χ3v) is 7.12. The molecule has 2 N–H and O–H groups in total. The number of carbonyl (C=O) groups is 1. The number of aliphatic hydroxyl groups is 1. The normalized spacial score (nSPS) is 11.2. The summed E-state index contributed by atoms with van der Waals surface area (Å²) >= 11 is 0. The molecule has 0 atom stereocenters. The van der Waals surface area contributed by atoms with Crippen LogP contribution in [0.15, 0.2) is 65.9 Å². The monoisotopic (exact) mass is 640 g/mol. The average molecular weight is 641 g/mol. The number of benzene rings is 2. The molecule has 2 aromatic rings. The van der Waals surface area contributed by atoms with Gasteiger partial charge in [-0.05, 0) is 50.2 Å². The number of unbranched alkanes of at least 4 members (excludes halogenated alkanes) is 4. The van der Waals surface area contributed by atoms with Crippen LogP contribution in [-0.2, 0) is 29.3 Å². The van der Waals surface area contributed by atoms with Crippen molar-refractivity contribution < 1.29 is 24.3 Å². The van der Waals surface area contributed by atoms with Crippen molar-refractivity contribution in [1.82, 2.24) is 0 Å². The number of nitrogens with one attached hydrogen (secondary N) is 1. The van der Waals surface area contributed by atoms with E-state index in [-0.39, 0.29) is 25.5 Å². The Hall–Kier alpha value is -3.65. The molecule has 46 heavy (non-hydrogen) atoms. The van der Waals surface area contributed by atoms with Crippen LogP contribution in [0.25, 0.3) is 0 Å². The first-order valence-corrected chi connectivity index (χ1v) is 17.2. The minimum Gasteiger partial charge on any atom is -0.494 e. The van der Waals surface area contributed by atoms with E-state index in [0.29, 0.717) is 28.3 Å². The number of amides is 1. The summed E-state index contributed by atoms with van der Waals surface area (Å²) in [6.07, 6.45) is 13.6. The van der Waals surface area contributed by atoms with E-state index in [1.165, 1.54) is 31.7 Å². The lowest BCUT2D eigenvalue weighted by Crippen LogP contribution is -2.17. The second-order valence-corrected chi connectivity index (χ2v) is 10.7. The molecule has 2 rings (SSSR count). The molecule has 0 aliphatic heterocycles. The van der Waals surface area contributed by atoms with E-state index in [9.17, 15) is 20.0 Å². The van der Waals surface area contributed by atoms with Crippen molar-refractivity contribution in [2.75, 3.05) is 5.32 Å². The summed E-state index contributed by atoms with van der Waals surface area (Å²) in [6.45, 7) is 16.5. The number of anilines is 1. The highest BCUT2D eigenvalue weighted by Crippen LogP contribution is 2.26. The van der Waals surface area contributed by atoms with Crippen molar-refractivity contribution in [1.29, 1.82) is 0 Å². The van der Waals surface area contributed by atoms with E-state index >= 15 is 0 Å². The van der Waals surface area contributed by atoms with Crippen molar-refractivity contribution in [3.05, 3.63) is 92.8 Å². The molecule has 1 amide bonds. The maximum absolute atomic E-state index is 12.6. The summed E-state index contributed by atoms with van der Waals surface area (Å²) in [5, 5.41) is 23.8. The highest BCUT2D eigenvalue weighted by molar-refractivity contribution is 5.87. The predicted octanol–water partition coefficient (Wildman–Crippen LogP) is 11.4. The van der Waals surface area contributed by atoms with Crippen molar-refractivity contribution in [3.63, 3.8) is 0 Å². The van der Waals surface area contributed by atoms with Crippen LogP contribution >= 0.6 is 0 Å². The van der Waals surface area contributed by atoms with Gasteiger partial charge in [0.25, 0.3) is 5.69 Å². The number of ether oxygens (including phenoxy) is 2. The van der Waals surface area contributed by atoms with Gasteiger partial charge in [-0.2, -0.15) is 0 Å². The second kappa shape index (κ2) is 26.6. The molecule has 258 valence electrons. The molecule has 0 saturated heterocycles. The third kappa shape index (κ3) is 16.6. The summed E-state index contributed by atoms with van der Waals surface area (Å²) in [4.78, 5) is 23.4. The van der Waals surface area contributed by atoms with Gasteiger partial charge < -0.3 is 14.6 Å². The smallest absolute Gasteiger partial charge is 0.411 e. The number of carbonyl (C=O) groups excluding carboxylic acids is 1. The number of para-hydroxylation sites is 2. The quantitative estimate of drug-likeness (QED) is 0.0519. The molecule has 0 aliphatic carbocycles. The molecule has 0 fully saturated rings. The number of nitro benzene ring substituents is 1. The van der Waals surface area contributed by atoms with Crippen LogP contribution in [-0.4, -0.2) is 16.1 Å². The highest BCUT2D eigenvalue weighted by atomic mass is 16.6. The molecular formula is C38H60N2O6. The topological polar surface area (TPSA) is 111 Å². The molecule has 0 bridgehead atoms. The summed E-state index contributed by atoms with van der Waals surface area (Å²) in [6, 6.07) is 11.5. The number of allylic oxidation sites excluding steroid dienone is 4. The lowest BCUT2D eigenvalue weighted by Gasteiger charge is -2.17. The van der Waals surface area contributed by atoms with Gasteiger partial charge in [0.15, 0.2) is 0 Å². The van der Waals surface area contributed by atoms with Crippen LogP contribution < -0.4 is 5.32 Å². The summed E-state index contributed by atoms with van der Waals surface area (Å²) in [7, 11) is 0. The molecule has 0 unspecified atom stereocenters. The Morgan fingerprint density at radius 3 is 2.00 bits per heavy atom. The molecule has 0 aromatic heterocycles. The molecule has 8 heteroatoms. The second-order valence-electron chi connectivity index (χ2n) is 10.7. The first kappa shape index (κ1) is 42.3. The van der Waals surface area contributed by atoms with Crippen LogP contribution in [0.5, 0.6) is 0 Å². The van der Waals surface area contributed by atoms with E-state index in [1.54, 1.807) is 35.9 Å². The maximum atomic E-state index is 12.6. The summed E-state index contributed by atoms with van der Waals surface area (Å²) < 4.78 is 11.5. The van der Waals surface area contributed by atoms with E-state index in [4.69, 9.17) is 9.47 Å². The number of hydrogen-bond acceptors (Lipinski definition) is 6. The number of aliphatic hydroxyl groups excluding tert-OH is 1. The largest absolute Gasteiger partial charge is 0.494 e. The minimum atomic E-state index is -0.773. The Balaban J connectivity index is 0.00000486. The Morgan fingerprint density at radius 2 is 1.39 bits per heavy atom. The average Bonchev–Trinajstić information content (AvgIpc) is 3.07. The molecule has 0 radical (unpaired) electrons. The Kier molecular flexibility index (Phi) is 24.4. The van der Waals surface area contributed by atoms with Gasteiger partial charge in [-0.3, -0.25) is 15.4 Å². The molecule has 2 aromatic carbocycles. The minimum absolute atomic E-state index is 0.116. The van der Waals surface area contributed by atoms with E-state index in [2.05, 4.69) is 45.2 Å². The van der Waals surface area contributed by atoms with Gasteiger partial charge in [0, 0.05) is 23.6 Å². The predicted molar refractivity (Wildman–Crippen MR) is 191 cm³/mol. The Morgan fingerprint density at radius 1 is 0.826 bits per heavy atom. The zero-order chi connectivity index (χ0) is 34.7. The zero-order valence-corrected chi connectivity index (χ0v) is 29.7. The van der Waals surface area contributed by atoms with Crippen molar-refractivity contribution in [3.8, 4) is 0 Å². The first-order chi connectivity index (χ1) is 22.3. The van der Waals surface area contributed by atoms with Gasteiger partial charge in [-0.25, -0.2) is 4.79 Å². The Bertz CT molecular complexity index is 1190. The van der Waals surface area contributed by atoms with Crippen LogP contribution in [0, 0.1) is 16.0 Å². The molecule has 0 saturated carbocycles. The standard InChI is InChI=1S/C34H48N2O6.2C2H6/c1-5-15-27(26(3)4)17-10-8-7-9-11-21-31(16-6-2)41-25-30-20-14-19-28(23-37)33(30)35-34(38)42-24-29-18-12-13-22-32(29)36(39)40;2*1-2/h12-16,18-20,22,26,37H,5-11,17,21,23-25H2,1-4H3,(H,35,38);2*1-2H3/b27-15+,31-16-;;. The van der Waals surface area contributed by atoms with Crippen LogP contribution in [0.4, 0.5) is 16.2 Å². The first-order valence-electron chi connectivity index (χ1n) is 17.2. The van der Waals surface area contributed by atoms with Gasteiger partial charge in [-0.1, -0.05) is 117 Å². The van der Waals surface area contributed by atoms with Gasteiger partial charge in [0.1, 0.15) is 13.2 Å². The summed E-state index contributed by atoms with van der Waals surface area (Å²) in [5.74, 6) is 1.55. The van der Waals surface area contributed by atoms with Crippen molar-refractivity contribution >= 4 is 17.5 Å². The lowest BCUT2D eigenvalue weighted by atomic mass is 9.95. The fraction of sp³-hybridized carbons (Fsp3) is 0.553. The number of nitro groups is 1. The fourth-order valence-electron chi connectivity index (χ4n) is 4.84. The maximum Gasteiger partial charge on any atom is 0.411 e. The van der Waals surface area contributed by atoms with Gasteiger partial charge in [0.2, 0.25) is 0 Å². The van der Waals surface area contributed by atoms with Gasteiger partial charge in [0.05, 0.1) is 28.5 Å². The highest BCUT2D eigenvalue weighted by Gasteiger charge is 2.17. The molecule has 0 aliphatic rings. The lowest BCUT2D eigenvalue weighted by molar-refractivity contribution is -0.385. The van der Waals surface area contributed by atoms with Crippen LogP contribution in [0.3, 0.4) is 0 Å². The SMILES string of the molecule is CC.CC.CC/C=C(/CCCCCCC/C(=C\CC)C(C)C)OCc1cccc(CO)c1NC(=O)OCc1ccccc1[N+](=O)[O-]. The molecular weight excluding hydrogens is 580 g/mol. The third-order valence-electron chi connectivity index (χ3n) is 7.12. The van der Waals surface area contributed by atoms with E-state index in [0.717, 1.165) is 37.9 Å². The Labute approximate surface area is 278 Å². The van der Waals surface area contributed by atoms with Crippen LogP contribution in [0.1, 0.15) is 130 Å². The molecule has 0 heterocycles. The van der Waals surface area contributed by atoms with Crippen LogP contribution in [0.2, 0.25) is 0 Å². The number of hydrogen-bond donors (Lipinski definition) is 2. The number of nitrogens with zero attached hydrogens (tertiary/aromatic N) is 1. The summed E-state index contributed by atoms with van der Waals surface area (Å²) in [5.41, 5.74) is 3.39.